The molecule has 16 aromatic rings. The standard InChI is InChI=1S/2C23H20N3.C23H18NO.C23H18NS.4Rh/c1-16-14-20(19-10-6-4-7-11-19)15-17(2)22(16)23-18(3)26(25-24-23)21-12-8-5-9-13-21;1-16-14-20(19-10-6-4-7-11-19)15-17(2)22(16)23-18(3)24-26(25-23)21-12-8-5-9-13-21;2*1-16-13-20(18-9-5-3-6-10-18)14-17(2)22(16)21-15-24-23(25-21)19-11-7-4-8-12-19;;;;/h2*4-12,14-15H,1-3H3;2*3-11,13-15H,1-2H3;;;;/q4*-1;;;;. The fraction of sp³-hybridized carbons (Fsp3) is 0.109. The fourth-order valence-electron chi connectivity index (χ4n) is 13.2. The van der Waals surface area contributed by atoms with Crippen molar-refractivity contribution in [3.05, 3.63) is 359 Å². The monoisotopic (exact) mass is 1750 g/mol. The molecule has 0 saturated heterocycles. The molecule has 16 rings (SSSR count). The van der Waals surface area contributed by atoms with Crippen LogP contribution in [-0.4, -0.2) is 40.0 Å². The van der Waals surface area contributed by atoms with Crippen LogP contribution in [0.25, 0.3) is 122 Å². The molecule has 12 aromatic carbocycles. The van der Waals surface area contributed by atoms with Crippen LogP contribution in [0.3, 0.4) is 0 Å². The Balaban J connectivity index is 0.000000161. The quantitative estimate of drug-likeness (QED) is 0.0887. The molecule has 4 heterocycles. The molecular formula is C92H76N8ORh4S-4. The van der Waals surface area contributed by atoms with Crippen molar-refractivity contribution in [2.24, 2.45) is 0 Å². The molecule has 0 N–H and O–H groups in total. The van der Waals surface area contributed by atoms with Gasteiger partial charge in [0, 0.05) is 111 Å². The number of hydrogen-bond acceptors (Lipinski definition) is 8. The molecule has 4 radical (unpaired) electrons. The molecule has 14 heteroatoms. The topological polar surface area (TPSA) is 100 Å². The number of aromatic nitrogens is 8. The summed E-state index contributed by atoms with van der Waals surface area (Å²) in [6.07, 6.45) is 3.78. The molecule has 0 fully saturated rings. The predicted octanol–water partition coefficient (Wildman–Crippen LogP) is 23.3. The Kier molecular flexibility index (Phi) is 28.4. The zero-order chi connectivity index (χ0) is 70.6. The molecule has 0 aliphatic rings. The maximum Gasteiger partial charge on any atom is 0.141 e. The van der Waals surface area contributed by atoms with Crippen molar-refractivity contribution in [3.63, 3.8) is 0 Å². The summed E-state index contributed by atoms with van der Waals surface area (Å²) in [4.78, 5) is 11.9. The van der Waals surface area contributed by atoms with E-state index in [1.807, 2.05) is 127 Å². The Bertz CT molecular complexity index is 5150. The molecule has 0 saturated carbocycles. The normalized spacial score (nSPS) is 10.4. The number of aryl methyl sites for hydroxylation is 9. The summed E-state index contributed by atoms with van der Waals surface area (Å²) in [6, 6.07) is 104. The van der Waals surface area contributed by atoms with Crippen molar-refractivity contribution in [2.75, 3.05) is 0 Å². The maximum atomic E-state index is 6.02. The summed E-state index contributed by atoms with van der Waals surface area (Å²) in [6.45, 7) is 21.2. The van der Waals surface area contributed by atoms with Gasteiger partial charge in [-0.1, -0.05) is 181 Å². The van der Waals surface area contributed by atoms with Gasteiger partial charge in [0.05, 0.1) is 17.6 Å². The van der Waals surface area contributed by atoms with Crippen LogP contribution in [0, 0.1) is 93.5 Å². The van der Waals surface area contributed by atoms with E-state index in [0.717, 1.165) is 72.7 Å². The van der Waals surface area contributed by atoms with Gasteiger partial charge in [-0.25, -0.2) is 4.68 Å². The van der Waals surface area contributed by atoms with Gasteiger partial charge in [-0.05, 0) is 175 Å². The van der Waals surface area contributed by atoms with Crippen molar-refractivity contribution in [1.82, 2.24) is 40.0 Å². The maximum absolute atomic E-state index is 6.02. The van der Waals surface area contributed by atoms with Gasteiger partial charge >= 0.3 is 0 Å². The second-order valence-electron chi connectivity index (χ2n) is 25.4. The van der Waals surface area contributed by atoms with Gasteiger partial charge in [0.2, 0.25) is 0 Å². The summed E-state index contributed by atoms with van der Waals surface area (Å²) in [5, 5.41) is 19.2. The largest absolute Gasteiger partial charge is 0.481 e. The summed E-state index contributed by atoms with van der Waals surface area (Å²) in [5.74, 6) is 1.39. The molecule has 0 unspecified atom stereocenters. The van der Waals surface area contributed by atoms with Crippen molar-refractivity contribution >= 4 is 11.3 Å². The van der Waals surface area contributed by atoms with Crippen molar-refractivity contribution in [1.29, 1.82) is 0 Å². The molecular weight excluding hydrogens is 1680 g/mol. The zero-order valence-electron chi connectivity index (χ0n) is 60.3. The van der Waals surface area contributed by atoms with E-state index in [-0.39, 0.29) is 77.9 Å². The minimum Gasteiger partial charge on any atom is -0.481 e. The van der Waals surface area contributed by atoms with Crippen molar-refractivity contribution in [3.8, 4) is 122 Å². The summed E-state index contributed by atoms with van der Waals surface area (Å²) >= 11 is 1.73. The second-order valence-corrected chi connectivity index (χ2v) is 26.4. The minimum atomic E-state index is 0. The Morgan fingerprint density at radius 2 is 0.717 bits per heavy atom. The first kappa shape index (κ1) is 80.4. The average molecular weight is 1750 g/mol. The third-order valence-electron chi connectivity index (χ3n) is 17.9. The number of thiazole rings is 1. The van der Waals surface area contributed by atoms with Gasteiger partial charge in [-0.3, -0.25) is 9.97 Å². The van der Waals surface area contributed by atoms with Gasteiger partial charge in [0.15, 0.2) is 0 Å². The summed E-state index contributed by atoms with van der Waals surface area (Å²) in [5.41, 5.74) is 31.8. The SMILES string of the molecule is Cc1cc(-c2ccccc2)cc(C)c1-c1cnc(-c2[c-]cccc2)o1.Cc1cc(-c2ccccc2)cc(C)c1-c1cnc(-c2[c-]cccc2)s1.Cc1cc(-c2ccccc2)cc(C)c1-c1nn(-c2[c-]cccc2)nc1C.Cc1cc(-c2ccccc2)cc(C)c1-c1nnn(-c2[c-]cccc2)c1C.[Rh].[Rh].[Rh].[Rh]. The molecule has 0 spiro atoms. The molecule has 536 valence electrons. The van der Waals surface area contributed by atoms with E-state index in [2.05, 4.69) is 270 Å². The summed E-state index contributed by atoms with van der Waals surface area (Å²) in [7, 11) is 0. The Morgan fingerprint density at radius 3 is 1.13 bits per heavy atom. The van der Waals surface area contributed by atoms with Gasteiger partial charge < -0.3 is 4.42 Å². The molecule has 4 aromatic heterocycles. The molecule has 0 amide bonds. The molecule has 0 aliphatic carbocycles. The molecule has 9 nitrogen and oxygen atoms in total. The smallest absolute Gasteiger partial charge is 0.141 e. The van der Waals surface area contributed by atoms with E-state index in [1.165, 1.54) is 99.5 Å². The van der Waals surface area contributed by atoms with Gasteiger partial charge in [0.25, 0.3) is 0 Å². The van der Waals surface area contributed by atoms with Crippen molar-refractivity contribution < 1.29 is 82.3 Å². The fourth-order valence-corrected chi connectivity index (χ4v) is 14.3. The van der Waals surface area contributed by atoms with Crippen LogP contribution < -0.4 is 0 Å². The third kappa shape index (κ3) is 18.7. The van der Waals surface area contributed by atoms with Gasteiger partial charge in [0.1, 0.15) is 23.0 Å². The van der Waals surface area contributed by atoms with Gasteiger partial charge in [-0.15, -0.1) is 83.5 Å². The third-order valence-corrected chi connectivity index (χ3v) is 19.0. The van der Waals surface area contributed by atoms with Crippen LogP contribution in [0.4, 0.5) is 0 Å². The second kappa shape index (κ2) is 37.5. The first-order valence-corrected chi connectivity index (χ1v) is 34.9. The number of benzene rings is 12. The van der Waals surface area contributed by atoms with E-state index >= 15 is 0 Å². The van der Waals surface area contributed by atoms with E-state index in [1.54, 1.807) is 22.3 Å². The Labute approximate surface area is 678 Å². The van der Waals surface area contributed by atoms with Crippen LogP contribution in [-0.2, 0) is 77.9 Å². The number of rotatable bonds is 12. The van der Waals surface area contributed by atoms with Crippen LogP contribution >= 0.6 is 11.3 Å². The van der Waals surface area contributed by atoms with E-state index in [9.17, 15) is 0 Å². The molecule has 0 bridgehead atoms. The molecule has 0 aliphatic heterocycles. The number of hydrogen-bond donors (Lipinski definition) is 0. The number of para-hydroxylation sites is 2. The average Bonchev–Trinajstić information content (AvgIpc) is 1.61. The van der Waals surface area contributed by atoms with E-state index in [0.29, 0.717) is 5.89 Å². The Morgan fingerprint density at radius 1 is 0.340 bits per heavy atom. The van der Waals surface area contributed by atoms with Crippen LogP contribution in [0.1, 0.15) is 55.9 Å². The Hall–Kier alpha value is -9.75. The van der Waals surface area contributed by atoms with Crippen LogP contribution in [0.15, 0.2) is 284 Å². The zero-order valence-corrected chi connectivity index (χ0v) is 67.7. The van der Waals surface area contributed by atoms with E-state index in [4.69, 9.17) is 9.52 Å². The van der Waals surface area contributed by atoms with E-state index < -0.39 is 0 Å². The van der Waals surface area contributed by atoms with Gasteiger partial charge in [-0.2, -0.15) is 74.9 Å². The van der Waals surface area contributed by atoms with Crippen molar-refractivity contribution in [2.45, 2.75) is 69.2 Å². The molecule has 106 heavy (non-hydrogen) atoms. The predicted molar refractivity (Wildman–Crippen MR) is 418 cm³/mol. The first-order chi connectivity index (χ1) is 49.7. The minimum absolute atomic E-state index is 0. The first-order valence-electron chi connectivity index (χ1n) is 34.1. The van der Waals surface area contributed by atoms with Crippen LogP contribution in [0.5, 0.6) is 0 Å². The molecule has 0 atom stereocenters. The number of oxazole rings is 1. The number of nitrogens with zero attached hydrogens (tertiary/aromatic N) is 8. The summed E-state index contributed by atoms with van der Waals surface area (Å²) < 4.78 is 7.87. The van der Waals surface area contributed by atoms with Crippen LogP contribution in [0.2, 0.25) is 0 Å².